The highest BCUT2D eigenvalue weighted by molar-refractivity contribution is 6.31. The van der Waals surface area contributed by atoms with Crippen molar-refractivity contribution in [3.63, 3.8) is 0 Å². The van der Waals surface area contributed by atoms with E-state index in [0.29, 0.717) is 31.0 Å². The molecule has 0 spiro atoms. The van der Waals surface area contributed by atoms with Crippen LogP contribution in [0.4, 0.5) is 0 Å². The van der Waals surface area contributed by atoms with Crippen LogP contribution in [0.5, 0.6) is 0 Å². The molecule has 3 aliphatic rings. The van der Waals surface area contributed by atoms with Crippen LogP contribution in [-0.4, -0.2) is 84.9 Å². The number of hydrogen-bond donors (Lipinski definition) is 1. The standard InChI is InChI=1S/C23H33ClN4O2/c1-2-26-12-14-27(15-13-26)11-5-10-25-22(30)23(19-6-3-4-7-20(19)24)16-18-8-9-21(29)28(18)17-23/h3-4,6-7,18H,2,5,8-17H2,1H3,(H,25,30). The highest BCUT2D eigenvalue weighted by atomic mass is 35.5. The molecular formula is C23H33ClN4O2. The number of nitrogens with one attached hydrogen (secondary N) is 1. The molecule has 1 aromatic carbocycles. The molecule has 0 aromatic heterocycles. The van der Waals surface area contributed by atoms with Gasteiger partial charge in [-0.15, -0.1) is 0 Å². The second-order valence-corrected chi connectivity index (χ2v) is 9.27. The fraction of sp³-hybridized carbons (Fsp3) is 0.652. The second kappa shape index (κ2) is 9.25. The van der Waals surface area contributed by atoms with E-state index in [2.05, 4.69) is 22.0 Å². The highest BCUT2D eigenvalue weighted by Crippen LogP contribution is 2.45. The van der Waals surface area contributed by atoms with Crippen molar-refractivity contribution >= 4 is 23.4 Å². The van der Waals surface area contributed by atoms with Crippen LogP contribution < -0.4 is 5.32 Å². The normalized spacial score (nSPS) is 27.5. The van der Waals surface area contributed by atoms with Gasteiger partial charge in [0.05, 0.1) is 5.41 Å². The molecule has 3 saturated heterocycles. The number of nitrogens with zero attached hydrogens (tertiary/aromatic N) is 3. The number of halogens is 1. The Morgan fingerprint density at radius 1 is 1.20 bits per heavy atom. The summed E-state index contributed by atoms with van der Waals surface area (Å²) in [5.74, 6) is 0.168. The first kappa shape index (κ1) is 21.6. The van der Waals surface area contributed by atoms with Gasteiger partial charge in [-0.3, -0.25) is 9.59 Å². The van der Waals surface area contributed by atoms with Crippen molar-refractivity contribution < 1.29 is 9.59 Å². The lowest BCUT2D eigenvalue weighted by Crippen LogP contribution is -2.48. The summed E-state index contributed by atoms with van der Waals surface area (Å²) in [6, 6.07) is 7.75. The van der Waals surface area contributed by atoms with E-state index in [4.69, 9.17) is 11.6 Å². The third-order valence-electron chi connectivity index (χ3n) is 7.15. The molecule has 6 nitrogen and oxygen atoms in total. The van der Waals surface area contributed by atoms with Crippen molar-refractivity contribution in [1.82, 2.24) is 20.0 Å². The zero-order chi connectivity index (χ0) is 21.1. The number of rotatable bonds is 7. The number of hydrogen-bond acceptors (Lipinski definition) is 4. The van der Waals surface area contributed by atoms with Crippen molar-refractivity contribution in [2.45, 2.75) is 44.1 Å². The molecule has 2 unspecified atom stereocenters. The van der Waals surface area contributed by atoms with Gasteiger partial charge in [0.25, 0.3) is 0 Å². The number of carbonyl (C=O) groups excluding carboxylic acids is 2. The molecule has 0 radical (unpaired) electrons. The zero-order valence-corrected chi connectivity index (χ0v) is 18.7. The molecular weight excluding hydrogens is 400 g/mol. The largest absolute Gasteiger partial charge is 0.355 e. The maximum absolute atomic E-state index is 13.5. The predicted molar refractivity (Wildman–Crippen MR) is 119 cm³/mol. The lowest BCUT2D eigenvalue weighted by molar-refractivity contribution is -0.129. The number of likely N-dealkylation sites (N-methyl/N-ethyl adjacent to an activating group) is 1. The first-order valence-corrected chi connectivity index (χ1v) is 11.7. The number of carbonyl (C=O) groups is 2. The van der Waals surface area contributed by atoms with Crippen LogP contribution in [0.1, 0.15) is 38.2 Å². The monoisotopic (exact) mass is 432 g/mol. The van der Waals surface area contributed by atoms with E-state index >= 15 is 0 Å². The Balaban J connectivity index is 1.38. The number of piperazine rings is 1. The molecule has 30 heavy (non-hydrogen) atoms. The van der Waals surface area contributed by atoms with E-state index in [0.717, 1.165) is 57.7 Å². The predicted octanol–water partition coefficient (Wildman–Crippen LogP) is 2.12. The Morgan fingerprint density at radius 2 is 1.93 bits per heavy atom. The Labute approximate surface area is 184 Å². The van der Waals surface area contributed by atoms with Crippen molar-refractivity contribution in [3.8, 4) is 0 Å². The van der Waals surface area contributed by atoms with Gasteiger partial charge in [-0.2, -0.15) is 0 Å². The van der Waals surface area contributed by atoms with Crippen molar-refractivity contribution in [3.05, 3.63) is 34.9 Å². The Kier molecular flexibility index (Phi) is 6.66. The molecule has 3 aliphatic heterocycles. The fourth-order valence-electron chi connectivity index (χ4n) is 5.31. The Bertz CT molecular complexity index is 780. The molecule has 164 valence electrons. The van der Waals surface area contributed by atoms with E-state index in [9.17, 15) is 9.59 Å². The van der Waals surface area contributed by atoms with Crippen LogP contribution in [0.15, 0.2) is 24.3 Å². The van der Waals surface area contributed by atoms with Gasteiger partial charge in [0, 0.05) is 56.8 Å². The van der Waals surface area contributed by atoms with E-state index < -0.39 is 5.41 Å². The first-order valence-electron chi connectivity index (χ1n) is 11.3. The zero-order valence-electron chi connectivity index (χ0n) is 17.9. The minimum atomic E-state index is -0.744. The van der Waals surface area contributed by atoms with Crippen LogP contribution in [-0.2, 0) is 15.0 Å². The van der Waals surface area contributed by atoms with Crippen molar-refractivity contribution in [2.24, 2.45) is 0 Å². The van der Waals surface area contributed by atoms with E-state index in [-0.39, 0.29) is 17.9 Å². The molecule has 3 fully saturated rings. The summed E-state index contributed by atoms with van der Waals surface area (Å²) in [5, 5.41) is 3.79. The molecule has 2 amide bonds. The van der Waals surface area contributed by atoms with Crippen LogP contribution in [0.25, 0.3) is 0 Å². The van der Waals surface area contributed by atoms with Gasteiger partial charge in [0.15, 0.2) is 0 Å². The van der Waals surface area contributed by atoms with Crippen LogP contribution in [0, 0.1) is 0 Å². The summed E-state index contributed by atoms with van der Waals surface area (Å²) >= 11 is 6.52. The minimum Gasteiger partial charge on any atom is -0.355 e. The topological polar surface area (TPSA) is 55.9 Å². The molecule has 7 heteroatoms. The molecule has 1 aromatic rings. The van der Waals surface area contributed by atoms with Crippen LogP contribution in [0.2, 0.25) is 5.02 Å². The summed E-state index contributed by atoms with van der Waals surface area (Å²) in [5.41, 5.74) is 0.105. The Morgan fingerprint density at radius 3 is 2.63 bits per heavy atom. The molecule has 4 rings (SSSR count). The number of fused-ring (bicyclic) bond motifs is 1. The lowest BCUT2D eigenvalue weighted by Gasteiger charge is -2.34. The molecule has 0 aliphatic carbocycles. The van der Waals surface area contributed by atoms with Gasteiger partial charge in [0.1, 0.15) is 0 Å². The molecule has 1 N–H and O–H groups in total. The smallest absolute Gasteiger partial charge is 0.232 e. The van der Waals surface area contributed by atoms with Crippen LogP contribution in [0.3, 0.4) is 0 Å². The van der Waals surface area contributed by atoms with Gasteiger partial charge in [0.2, 0.25) is 11.8 Å². The van der Waals surface area contributed by atoms with Crippen molar-refractivity contribution in [1.29, 1.82) is 0 Å². The van der Waals surface area contributed by atoms with E-state index in [1.807, 2.05) is 29.2 Å². The van der Waals surface area contributed by atoms with Gasteiger partial charge in [-0.1, -0.05) is 36.7 Å². The quantitative estimate of drug-likeness (QED) is 0.670. The van der Waals surface area contributed by atoms with Gasteiger partial charge < -0.3 is 20.0 Å². The average Bonchev–Trinajstić information content (AvgIpc) is 3.31. The molecule has 0 saturated carbocycles. The summed E-state index contributed by atoms with van der Waals surface area (Å²) in [6.07, 6.45) is 3.02. The third-order valence-corrected chi connectivity index (χ3v) is 7.48. The van der Waals surface area contributed by atoms with Gasteiger partial charge >= 0.3 is 0 Å². The SMILES string of the molecule is CCN1CCN(CCCNC(=O)C2(c3ccccc3Cl)CC3CCC(=O)N3C2)CC1. The number of benzene rings is 1. The summed E-state index contributed by atoms with van der Waals surface area (Å²) in [7, 11) is 0. The van der Waals surface area contributed by atoms with Crippen LogP contribution >= 0.6 is 11.6 Å². The third kappa shape index (κ3) is 4.23. The first-order chi connectivity index (χ1) is 14.5. The highest BCUT2D eigenvalue weighted by Gasteiger charge is 2.54. The van der Waals surface area contributed by atoms with E-state index in [1.165, 1.54) is 0 Å². The lowest BCUT2D eigenvalue weighted by atomic mass is 9.76. The number of amides is 2. The molecule has 2 atom stereocenters. The maximum Gasteiger partial charge on any atom is 0.232 e. The van der Waals surface area contributed by atoms with Crippen molar-refractivity contribution in [2.75, 3.05) is 52.4 Å². The van der Waals surface area contributed by atoms with E-state index in [1.54, 1.807) is 0 Å². The molecule has 3 heterocycles. The minimum absolute atomic E-state index is 0.00797. The van der Waals surface area contributed by atoms with Gasteiger partial charge in [-0.25, -0.2) is 0 Å². The summed E-state index contributed by atoms with van der Waals surface area (Å²) in [6.45, 7) is 9.88. The van der Waals surface area contributed by atoms with Gasteiger partial charge in [-0.05, 0) is 44.0 Å². The Hall–Kier alpha value is -1.63. The second-order valence-electron chi connectivity index (χ2n) is 8.87. The average molecular weight is 433 g/mol. The summed E-state index contributed by atoms with van der Waals surface area (Å²) < 4.78 is 0. The fourth-order valence-corrected chi connectivity index (χ4v) is 5.63. The molecule has 0 bridgehead atoms. The summed E-state index contributed by atoms with van der Waals surface area (Å²) in [4.78, 5) is 32.6. The maximum atomic E-state index is 13.5.